The molecule has 2 amide bonds. The van der Waals surface area contributed by atoms with Gasteiger partial charge in [0, 0.05) is 29.4 Å². The number of carbonyl (C=O) groups is 2. The van der Waals surface area contributed by atoms with Crippen molar-refractivity contribution >= 4 is 52.2 Å². The van der Waals surface area contributed by atoms with Crippen LogP contribution in [0.15, 0.2) is 54.1 Å². The molecule has 2 aliphatic rings. The minimum Gasteiger partial charge on any atom is -0.496 e. The van der Waals surface area contributed by atoms with E-state index in [-0.39, 0.29) is 16.2 Å². The van der Waals surface area contributed by atoms with Gasteiger partial charge in [0.1, 0.15) is 11.3 Å². The Kier molecular flexibility index (Phi) is 5.84. The minimum absolute atomic E-state index is 0.00387. The summed E-state index contributed by atoms with van der Waals surface area (Å²) >= 11 is 5.28. The lowest BCUT2D eigenvalue weighted by Crippen LogP contribution is -2.54. The van der Waals surface area contributed by atoms with E-state index in [4.69, 9.17) is 17.0 Å². The summed E-state index contributed by atoms with van der Waals surface area (Å²) in [5.74, 6) is -0.413. The normalized spacial score (nSPS) is 18.8. The number of thiocarbonyl (C=S) groups is 1. The number of benzene rings is 2. The number of hydrogen-bond acceptors (Lipinski definition) is 5. The van der Waals surface area contributed by atoms with E-state index < -0.39 is 11.8 Å². The third-order valence-corrected chi connectivity index (χ3v) is 6.35. The predicted molar refractivity (Wildman–Crippen MR) is 136 cm³/mol. The third kappa shape index (κ3) is 3.93. The van der Waals surface area contributed by atoms with Gasteiger partial charge in [0.15, 0.2) is 5.11 Å². The SMILES string of the molecule is CCN1c2cc(OC)c(/C=C3/C(=O)NC(=S)N(c4ccccc4)C3=O)cc2C(C)=CC1(C)C. The fourth-order valence-corrected chi connectivity index (χ4v) is 4.89. The molecule has 0 spiro atoms. The van der Waals surface area contributed by atoms with Gasteiger partial charge in [0.2, 0.25) is 0 Å². The van der Waals surface area contributed by atoms with Crippen LogP contribution in [0.5, 0.6) is 5.75 Å². The van der Waals surface area contributed by atoms with Crippen molar-refractivity contribution in [3.63, 3.8) is 0 Å². The Morgan fingerprint density at radius 1 is 1.15 bits per heavy atom. The van der Waals surface area contributed by atoms with E-state index in [1.165, 1.54) is 4.90 Å². The lowest BCUT2D eigenvalue weighted by molar-refractivity contribution is -0.122. The van der Waals surface area contributed by atoms with Crippen LogP contribution in [0.3, 0.4) is 0 Å². The Bertz CT molecular complexity index is 1210. The predicted octanol–water partition coefficient (Wildman–Crippen LogP) is 4.55. The van der Waals surface area contributed by atoms with E-state index in [0.717, 1.165) is 23.4 Å². The van der Waals surface area contributed by atoms with Crippen molar-refractivity contribution in [3.8, 4) is 5.75 Å². The van der Waals surface area contributed by atoms with Gasteiger partial charge in [-0.15, -0.1) is 0 Å². The van der Waals surface area contributed by atoms with Crippen molar-refractivity contribution in [2.75, 3.05) is 23.5 Å². The number of nitrogens with one attached hydrogen (secondary N) is 1. The third-order valence-electron chi connectivity index (χ3n) is 6.06. The summed E-state index contributed by atoms with van der Waals surface area (Å²) in [6.45, 7) is 9.38. The summed E-state index contributed by atoms with van der Waals surface area (Å²) in [7, 11) is 1.59. The number of rotatable bonds is 4. The molecule has 4 rings (SSSR count). The molecule has 1 N–H and O–H groups in total. The molecule has 0 aliphatic carbocycles. The molecular weight excluding hydrogens is 434 g/mol. The first-order valence-corrected chi connectivity index (χ1v) is 11.2. The average Bonchev–Trinajstić information content (AvgIpc) is 2.76. The van der Waals surface area contributed by atoms with Gasteiger partial charge in [-0.2, -0.15) is 0 Å². The molecule has 0 atom stereocenters. The van der Waals surface area contributed by atoms with Crippen LogP contribution in [0.4, 0.5) is 11.4 Å². The number of methoxy groups -OCH3 is 1. The molecule has 0 aromatic heterocycles. The van der Waals surface area contributed by atoms with Crippen molar-refractivity contribution in [2.24, 2.45) is 0 Å². The van der Waals surface area contributed by atoms with E-state index in [0.29, 0.717) is 17.0 Å². The summed E-state index contributed by atoms with van der Waals surface area (Å²) in [6.07, 6.45) is 3.81. The van der Waals surface area contributed by atoms with Crippen LogP contribution in [-0.4, -0.2) is 36.1 Å². The molecule has 6 nitrogen and oxygen atoms in total. The van der Waals surface area contributed by atoms with E-state index in [1.54, 1.807) is 25.3 Å². The average molecular weight is 462 g/mol. The standard InChI is InChI=1S/C26H27N3O3S/c1-6-28-21-14-22(32-5)17(12-19(21)16(2)15-26(28,3)4)13-20-23(30)27-25(33)29(24(20)31)18-10-8-7-9-11-18/h7-15H,6H2,1-5H3,(H,27,30,33)/b20-13-. The summed E-state index contributed by atoms with van der Waals surface area (Å²) < 4.78 is 5.68. The number of carbonyl (C=O) groups excluding carboxylic acids is 2. The molecule has 2 aliphatic heterocycles. The molecule has 0 radical (unpaired) electrons. The van der Waals surface area contributed by atoms with Gasteiger partial charge in [0.25, 0.3) is 11.8 Å². The van der Waals surface area contributed by atoms with Gasteiger partial charge in [-0.05, 0) is 69.8 Å². The number of nitrogens with zero attached hydrogens (tertiary/aromatic N) is 2. The highest BCUT2D eigenvalue weighted by atomic mass is 32.1. The Labute approximate surface area is 199 Å². The summed E-state index contributed by atoms with van der Waals surface area (Å²) in [6, 6.07) is 13.0. The number of amides is 2. The van der Waals surface area contributed by atoms with Crippen LogP contribution in [0.25, 0.3) is 11.6 Å². The van der Waals surface area contributed by atoms with E-state index in [1.807, 2.05) is 30.3 Å². The smallest absolute Gasteiger partial charge is 0.270 e. The molecule has 0 bridgehead atoms. The Morgan fingerprint density at radius 2 is 1.85 bits per heavy atom. The largest absolute Gasteiger partial charge is 0.496 e. The molecule has 33 heavy (non-hydrogen) atoms. The molecule has 7 heteroatoms. The maximum Gasteiger partial charge on any atom is 0.270 e. The lowest BCUT2D eigenvalue weighted by atomic mass is 9.87. The van der Waals surface area contributed by atoms with Crippen molar-refractivity contribution in [2.45, 2.75) is 33.2 Å². The second-order valence-corrected chi connectivity index (χ2v) is 9.02. The first-order valence-electron chi connectivity index (χ1n) is 10.8. The zero-order chi connectivity index (χ0) is 23.9. The van der Waals surface area contributed by atoms with Crippen LogP contribution >= 0.6 is 12.2 Å². The van der Waals surface area contributed by atoms with Crippen molar-refractivity contribution < 1.29 is 14.3 Å². The molecule has 2 aromatic rings. The van der Waals surface area contributed by atoms with Crippen LogP contribution < -0.4 is 19.9 Å². The second-order valence-electron chi connectivity index (χ2n) is 8.63. The number of anilines is 2. The van der Waals surface area contributed by atoms with Crippen molar-refractivity contribution in [3.05, 3.63) is 65.2 Å². The quantitative estimate of drug-likeness (QED) is 0.411. The number of ether oxygens (including phenoxy) is 1. The van der Waals surface area contributed by atoms with Crippen LogP contribution in [0.1, 0.15) is 38.8 Å². The highest BCUT2D eigenvalue weighted by molar-refractivity contribution is 7.80. The van der Waals surface area contributed by atoms with E-state index in [9.17, 15) is 9.59 Å². The summed E-state index contributed by atoms with van der Waals surface area (Å²) in [4.78, 5) is 29.7. The van der Waals surface area contributed by atoms with E-state index in [2.05, 4.69) is 44.0 Å². The van der Waals surface area contributed by atoms with Crippen molar-refractivity contribution in [1.29, 1.82) is 0 Å². The van der Waals surface area contributed by atoms with Gasteiger partial charge in [-0.3, -0.25) is 19.8 Å². The number of allylic oxidation sites excluding steroid dienone is 1. The maximum atomic E-state index is 13.3. The van der Waals surface area contributed by atoms with Gasteiger partial charge >= 0.3 is 0 Å². The zero-order valence-electron chi connectivity index (χ0n) is 19.4. The Hall–Kier alpha value is -3.45. The second kappa shape index (κ2) is 8.48. The van der Waals surface area contributed by atoms with Gasteiger partial charge in [0.05, 0.1) is 18.3 Å². The molecule has 0 unspecified atom stereocenters. The molecule has 2 heterocycles. The summed E-state index contributed by atoms with van der Waals surface area (Å²) in [5.41, 5.74) is 4.34. The van der Waals surface area contributed by atoms with Gasteiger partial charge in [-0.1, -0.05) is 24.3 Å². The monoisotopic (exact) mass is 461 g/mol. The number of para-hydroxylation sites is 1. The van der Waals surface area contributed by atoms with Crippen molar-refractivity contribution in [1.82, 2.24) is 5.32 Å². The Balaban J connectivity index is 1.83. The molecule has 1 fully saturated rings. The first-order chi connectivity index (χ1) is 15.7. The zero-order valence-corrected chi connectivity index (χ0v) is 20.2. The van der Waals surface area contributed by atoms with Crippen LogP contribution in [-0.2, 0) is 9.59 Å². The minimum atomic E-state index is -0.527. The molecule has 2 aromatic carbocycles. The number of hydrogen-bond donors (Lipinski definition) is 1. The topological polar surface area (TPSA) is 61.9 Å². The maximum absolute atomic E-state index is 13.3. The first kappa shape index (κ1) is 22.7. The van der Waals surface area contributed by atoms with Gasteiger partial charge in [-0.25, -0.2) is 0 Å². The van der Waals surface area contributed by atoms with E-state index >= 15 is 0 Å². The molecule has 170 valence electrons. The molecule has 1 saturated heterocycles. The molecular formula is C26H27N3O3S. The highest BCUT2D eigenvalue weighted by Crippen LogP contribution is 2.42. The van der Waals surface area contributed by atoms with Crippen LogP contribution in [0.2, 0.25) is 0 Å². The Morgan fingerprint density at radius 3 is 2.48 bits per heavy atom. The fraction of sp³-hybridized carbons (Fsp3) is 0.269. The number of likely N-dealkylation sites (N-methyl/N-ethyl adjacent to an activating group) is 1. The van der Waals surface area contributed by atoms with Crippen LogP contribution in [0, 0.1) is 0 Å². The molecule has 0 saturated carbocycles. The summed E-state index contributed by atoms with van der Waals surface area (Å²) in [5, 5.41) is 2.69. The van der Waals surface area contributed by atoms with Gasteiger partial charge < -0.3 is 9.64 Å². The lowest BCUT2D eigenvalue weighted by Gasteiger charge is -2.43. The number of fused-ring (bicyclic) bond motifs is 1. The highest BCUT2D eigenvalue weighted by Gasteiger charge is 2.35. The fourth-order valence-electron chi connectivity index (χ4n) is 4.61.